The fourth-order valence-electron chi connectivity index (χ4n) is 2.56. The molecule has 0 unspecified atom stereocenters. The molecule has 1 amide bonds. The zero-order chi connectivity index (χ0) is 20.1. The van der Waals surface area contributed by atoms with Gasteiger partial charge in [0.15, 0.2) is 0 Å². The van der Waals surface area contributed by atoms with E-state index in [1.54, 1.807) is 6.08 Å². The molecule has 144 valence electrons. The van der Waals surface area contributed by atoms with Gasteiger partial charge in [0.2, 0.25) is 0 Å². The molecule has 1 N–H and O–H groups in total. The van der Waals surface area contributed by atoms with Crippen LogP contribution in [0.1, 0.15) is 23.1 Å². The Morgan fingerprint density at radius 1 is 1.18 bits per heavy atom. The molecule has 28 heavy (non-hydrogen) atoms. The number of rotatable bonds is 7. The maximum Gasteiger partial charge on any atom is 0.305 e. The molecule has 3 rings (SSSR count). The topological polar surface area (TPSA) is 66.8 Å². The molecule has 2 aromatic carbocycles. The van der Waals surface area contributed by atoms with E-state index >= 15 is 0 Å². The van der Waals surface area contributed by atoms with Crippen LogP contribution in [0.25, 0.3) is 6.08 Å². The van der Waals surface area contributed by atoms with Crippen LogP contribution in [0.2, 0.25) is 0 Å². The van der Waals surface area contributed by atoms with Crippen LogP contribution in [-0.2, 0) is 16.2 Å². The number of hydrogen-bond acceptors (Lipinski definition) is 5. The average Bonchev–Trinajstić information content (AvgIpc) is 2.93. The monoisotopic (exact) mass is 413 g/mol. The van der Waals surface area contributed by atoms with Crippen LogP contribution >= 0.6 is 24.0 Å². The molecule has 7 heteroatoms. The molecule has 0 bridgehead atoms. The van der Waals surface area contributed by atoms with Crippen LogP contribution in [-0.4, -0.2) is 32.7 Å². The fourth-order valence-corrected chi connectivity index (χ4v) is 3.87. The van der Waals surface area contributed by atoms with E-state index in [-0.39, 0.29) is 18.9 Å². The van der Waals surface area contributed by atoms with Crippen LogP contribution in [0.5, 0.6) is 5.75 Å². The van der Waals surface area contributed by atoms with E-state index in [0.29, 0.717) is 15.8 Å². The average molecular weight is 414 g/mol. The van der Waals surface area contributed by atoms with Gasteiger partial charge in [0.1, 0.15) is 16.7 Å². The number of carbonyl (C=O) groups is 2. The van der Waals surface area contributed by atoms with Gasteiger partial charge in [0, 0.05) is 6.54 Å². The quantitative estimate of drug-likeness (QED) is 0.541. The Balaban J connectivity index is 1.61. The summed E-state index contributed by atoms with van der Waals surface area (Å²) in [5, 5.41) is 8.79. The van der Waals surface area contributed by atoms with Gasteiger partial charge < -0.3 is 9.84 Å². The largest absolute Gasteiger partial charge is 0.489 e. The lowest BCUT2D eigenvalue weighted by atomic mass is 10.1. The van der Waals surface area contributed by atoms with Gasteiger partial charge in [-0.3, -0.25) is 14.5 Å². The number of benzene rings is 2. The lowest BCUT2D eigenvalue weighted by Gasteiger charge is -2.12. The predicted octanol–water partition coefficient (Wildman–Crippen LogP) is 4.25. The van der Waals surface area contributed by atoms with E-state index in [1.165, 1.54) is 22.2 Å². The van der Waals surface area contributed by atoms with Gasteiger partial charge in [-0.1, -0.05) is 65.9 Å². The highest BCUT2D eigenvalue weighted by molar-refractivity contribution is 8.26. The molecule has 0 spiro atoms. The van der Waals surface area contributed by atoms with Crippen molar-refractivity contribution in [3.63, 3.8) is 0 Å². The Labute approximate surface area is 173 Å². The first kappa shape index (κ1) is 20.1. The minimum atomic E-state index is -0.959. The molecule has 1 fully saturated rings. The number of aliphatic carboxylic acids is 1. The van der Waals surface area contributed by atoms with Crippen LogP contribution in [0.15, 0.2) is 53.4 Å². The number of carbonyl (C=O) groups excluding carboxylic acids is 1. The third-order valence-corrected chi connectivity index (χ3v) is 5.50. The Bertz CT molecular complexity index is 920. The fraction of sp³-hybridized carbons (Fsp3) is 0.190. The van der Waals surface area contributed by atoms with Crippen LogP contribution in [0.3, 0.4) is 0 Å². The van der Waals surface area contributed by atoms with E-state index in [2.05, 4.69) is 12.1 Å². The highest BCUT2D eigenvalue weighted by atomic mass is 32.2. The van der Waals surface area contributed by atoms with E-state index in [0.717, 1.165) is 16.9 Å². The van der Waals surface area contributed by atoms with E-state index < -0.39 is 5.97 Å². The molecule has 0 aromatic heterocycles. The van der Waals surface area contributed by atoms with Crippen molar-refractivity contribution < 1.29 is 19.4 Å². The number of carboxylic acid groups (broad SMARTS) is 1. The van der Waals surface area contributed by atoms with Gasteiger partial charge in [-0.25, -0.2) is 0 Å². The molecule has 0 aliphatic carbocycles. The zero-order valence-electron chi connectivity index (χ0n) is 15.3. The first-order valence-electron chi connectivity index (χ1n) is 8.68. The molecule has 1 aliphatic heterocycles. The van der Waals surface area contributed by atoms with Gasteiger partial charge in [-0.2, -0.15) is 0 Å². The number of ether oxygens (including phenoxy) is 1. The number of thioether (sulfide) groups is 1. The van der Waals surface area contributed by atoms with Crippen molar-refractivity contribution in [2.45, 2.75) is 20.0 Å². The van der Waals surface area contributed by atoms with Gasteiger partial charge in [0.25, 0.3) is 5.91 Å². The molecule has 1 saturated heterocycles. The van der Waals surface area contributed by atoms with Crippen LogP contribution < -0.4 is 4.74 Å². The highest BCUT2D eigenvalue weighted by Crippen LogP contribution is 2.32. The van der Waals surface area contributed by atoms with Gasteiger partial charge in [-0.05, 0) is 36.3 Å². The Morgan fingerprint density at radius 2 is 1.86 bits per heavy atom. The molecular formula is C21H19NO4S2. The lowest BCUT2D eigenvalue weighted by Crippen LogP contribution is -2.30. The number of amides is 1. The number of nitrogens with zero attached hydrogens (tertiary/aromatic N) is 1. The second kappa shape index (κ2) is 9.03. The summed E-state index contributed by atoms with van der Waals surface area (Å²) >= 11 is 6.37. The lowest BCUT2D eigenvalue weighted by molar-refractivity contribution is -0.137. The summed E-state index contributed by atoms with van der Waals surface area (Å²) in [6, 6.07) is 15.6. The number of aryl methyl sites for hydroxylation is 1. The first-order valence-corrected chi connectivity index (χ1v) is 9.90. The maximum atomic E-state index is 12.4. The smallest absolute Gasteiger partial charge is 0.305 e. The molecule has 0 atom stereocenters. The maximum absolute atomic E-state index is 12.4. The number of thiocarbonyl (C=S) groups is 1. The predicted molar refractivity (Wildman–Crippen MR) is 114 cm³/mol. The summed E-state index contributed by atoms with van der Waals surface area (Å²) < 4.78 is 6.17. The normalized spacial score (nSPS) is 15.3. The van der Waals surface area contributed by atoms with E-state index in [4.69, 9.17) is 22.1 Å². The van der Waals surface area contributed by atoms with E-state index in [9.17, 15) is 9.59 Å². The minimum absolute atomic E-state index is 0.0864. The van der Waals surface area contributed by atoms with Gasteiger partial charge >= 0.3 is 5.97 Å². The van der Waals surface area contributed by atoms with Crippen molar-refractivity contribution >= 4 is 46.3 Å². The molecule has 0 radical (unpaired) electrons. The molecule has 0 saturated carbocycles. The Kier molecular flexibility index (Phi) is 6.49. The van der Waals surface area contributed by atoms with Crippen LogP contribution in [0, 0.1) is 6.92 Å². The van der Waals surface area contributed by atoms with Crippen molar-refractivity contribution in [2.75, 3.05) is 6.54 Å². The summed E-state index contributed by atoms with van der Waals surface area (Å²) in [6.07, 6.45) is 1.62. The minimum Gasteiger partial charge on any atom is -0.489 e. The number of hydrogen-bond donors (Lipinski definition) is 1. The number of carboxylic acids is 1. The third kappa shape index (κ3) is 5.21. The Hall–Kier alpha value is -2.64. The van der Waals surface area contributed by atoms with E-state index in [1.807, 2.05) is 43.3 Å². The molecular weight excluding hydrogens is 394 g/mol. The molecule has 2 aromatic rings. The third-order valence-electron chi connectivity index (χ3n) is 4.13. The highest BCUT2D eigenvalue weighted by Gasteiger charge is 2.31. The van der Waals surface area contributed by atoms with Crippen molar-refractivity contribution in [3.8, 4) is 5.75 Å². The second-order valence-corrected chi connectivity index (χ2v) is 8.00. The van der Waals surface area contributed by atoms with Crippen LogP contribution in [0.4, 0.5) is 0 Å². The molecule has 1 aliphatic rings. The van der Waals surface area contributed by atoms with Gasteiger partial charge in [0.05, 0.1) is 11.3 Å². The summed E-state index contributed by atoms with van der Waals surface area (Å²) in [4.78, 5) is 25.0. The SMILES string of the molecule is Cc1ccc(COc2ccc(/C=C3/SC(=S)N(CCC(=O)O)C3=O)cc2)cc1. The second-order valence-electron chi connectivity index (χ2n) is 6.32. The van der Waals surface area contributed by atoms with Crippen molar-refractivity contribution in [1.82, 2.24) is 4.90 Å². The summed E-state index contributed by atoms with van der Waals surface area (Å²) in [7, 11) is 0. The summed E-state index contributed by atoms with van der Waals surface area (Å²) in [5.41, 5.74) is 3.16. The standard InChI is InChI=1S/C21H19NO4S2/c1-14-2-4-16(5-3-14)13-26-17-8-6-15(7-9-17)12-18-20(25)22(21(27)28-18)11-10-19(23)24/h2-9,12H,10-11,13H2,1H3,(H,23,24)/b18-12+. The molecule has 5 nitrogen and oxygen atoms in total. The van der Waals surface area contributed by atoms with Crippen molar-refractivity contribution in [1.29, 1.82) is 0 Å². The summed E-state index contributed by atoms with van der Waals surface area (Å²) in [6.45, 7) is 2.62. The van der Waals surface area contributed by atoms with Crippen molar-refractivity contribution in [2.24, 2.45) is 0 Å². The Morgan fingerprint density at radius 3 is 2.50 bits per heavy atom. The van der Waals surface area contributed by atoms with Gasteiger partial charge in [-0.15, -0.1) is 0 Å². The molecule has 1 heterocycles. The summed E-state index contributed by atoms with van der Waals surface area (Å²) in [5.74, 6) is -0.470. The van der Waals surface area contributed by atoms with Crippen molar-refractivity contribution in [3.05, 3.63) is 70.1 Å². The zero-order valence-corrected chi connectivity index (χ0v) is 16.9. The first-order chi connectivity index (χ1) is 13.4.